The zero-order valence-corrected chi connectivity index (χ0v) is 19.6. The molecule has 0 bridgehead atoms. The molecular weight excluding hydrogens is 445 g/mol. The van der Waals surface area contributed by atoms with E-state index in [1.54, 1.807) is 12.4 Å². The number of aromatic nitrogens is 2. The number of likely N-dealkylation sites (tertiary alicyclic amines) is 1. The van der Waals surface area contributed by atoms with Crippen molar-refractivity contribution in [2.75, 3.05) is 25.0 Å². The Hall–Kier alpha value is -2.81. The highest BCUT2D eigenvalue weighted by Gasteiger charge is 2.29. The molecule has 2 atom stereocenters. The third-order valence-corrected chi connectivity index (χ3v) is 6.35. The van der Waals surface area contributed by atoms with Crippen molar-refractivity contribution in [3.63, 3.8) is 0 Å². The fourth-order valence-corrected chi connectivity index (χ4v) is 4.51. The lowest BCUT2D eigenvalue weighted by atomic mass is 10.0. The fourth-order valence-electron chi connectivity index (χ4n) is 4.33. The molecule has 33 heavy (non-hydrogen) atoms. The first-order valence-corrected chi connectivity index (χ1v) is 12.1. The highest BCUT2D eigenvalue weighted by Crippen LogP contribution is 2.31. The third-order valence-electron chi connectivity index (χ3n) is 6.13. The molecule has 0 aliphatic carbocycles. The van der Waals surface area contributed by atoms with Crippen molar-refractivity contribution < 1.29 is 9.18 Å². The van der Waals surface area contributed by atoms with Crippen LogP contribution in [0.5, 0.6) is 0 Å². The number of rotatable bonds is 8. The van der Waals surface area contributed by atoms with Crippen LogP contribution in [0.2, 0.25) is 0 Å². The molecule has 1 aromatic rings. The molecule has 4 rings (SSSR count). The second kappa shape index (κ2) is 10.9. The maximum absolute atomic E-state index is 14.5. The smallest absolute Gasteiger partial charge is 0.317 e. The van der Waals surface area contributed by atoms with E-state index in [0.29, 0.717) is 30.5 Å². The number of nitrogens with one attached hydrogen (secondary N) is 4. The minimum atomic E-state index is -0.526. The van der Waals surface area contributed by atoms with E-state index < -0.39 is 5.82 Å². The lowest BCUT2D eigenvalue weighted by Crippen LogP contribution is -2.51. The molecule has 0 saturated carbocycles. The summed E-state index contributed by atoms with van der Waals surface area (Å²) in [5, 5.41) is 13.1. The standard InChI is InChI=1S/C23H31ClFN7O/c1-2-3-5-8-26-23(33)32-9-6-4-7-16(32)12-28-22-19(25)14-30-21(31-22)18-13-29-20-17(18)10-15(24)11-27-20/h10-11,13-14,16,20,27,29H,2-9,12H2,1H3,(H,26,33)(H,28,30,31)/t16-,20?/m1/s1. The van der Waals surface area contributed by atoms with Crippen LogP contribution in [0.25, 0.3) is 5.57 Å². The summed E-state index contributed by atoms with van der Waals surface area (Å²) < 4.78 is 14.5. The number of amides is 2. The van der Waals surface area contributed by atoms with Gasteiger partial charge in [0.05, 0.1) is 17.3 Å². The summed E-state index contributed by atoms with van der Waals surface area (Å²) in [6.45, 7) is 3.95. The Balaban J connectivity index is 1.41. The number of piperidine rings is 1. The van der Waals surface area contributed by atoms with E-state index in [2.05, 4.69) is 38.2 Å². The molecule has 1 fully saturated rings. The van der Waals surface area contributed by atoms with Gasteiger partial charge in [-0.3, -0.25) is 0 Å². The molecule has 0 aromatic carbocycles. The van der Waals surface area contributed by atoms with Crippen LogP contribution in [0, 0.1) is 5.82 Å². The molecule has 8 nitrogen and oxygen atoms in total. The van der Waals surface area contributed by atoms with Gasteiger partial charge in [0.15, 0.2) is 17.5 Å². The maximum Gasteiger partial charge on any atom is 0.317 e. The van der Waals surface area contributed by atoms with Crippen molar-refractivity contribution in [1.82, 2.24) is 30.8 Å². The molecule has 1 unspecified atom stereocenters. The van der Waals surface area contributed by atoms with Gasteiger partial charge in [-0.2, -0.15) is 0 Å². The number of nitrogens with zero attached hydrogens (tertiary/aromatic N) is 3. The molecule has 0 spiro atoms. The average molecular weight is 476 g/mol. The Labute approximate surface area is 198 Å². The monoisotopic (exact) mass is 475 g/mol. The molecule has 3 aliphatic rings. The molecule has 2 amide bonds. The molecular formula is C23H31ClFN7O. The summed E-state index contributed by atoms with van der Waals surface area (Å²) in [5.74, 6) is 0.00799. The summed E-state index contributed by atoms with van der Waals surface area (Å²) in [6, 6.07) is -0.0648. The van der Waals surface area contributed by atoms with Crippen LogP contribution in [0.1, 0.15) is 51.3 Å². The van der Waals surface area contributed by atoms with Gasteiger partial charge < -0.3 is 26.2 Å². The minimum Gasteiger partial charge on any atom is -0.367 e. The van der Waals surface area contributed by atoms with Gasteiger partial charge in [0.1, 0.15) is 6.17 Å². The zero-order chi connectivity index (χ0) is 23.2. The van der Waals surface area contributed by atoms with Crippen LogP contribution in [0.4, 0.5) is 15.0 Å². The lowest BCUT2D eigenvalue weighted by molar-refractivity contribution is 0.155. The van der Waals surface area contributed by atoms with Gasteiger partial charge in [0, 0.05) is 43.2 Å². The number of halogens is 2. The molecule has 4 heterocycles. The Morgan fingerprint density at radius 1 is 1.30 bits per heavy atom. The van der Waals surface area contributed by atoms with Gasteiger partial charge in [-0.25, -0.2) is 19.2 Å². The molecule has 1 saturated heterocycles. The number of hydrogen-bond acceptors (Lipinski definition) is 6. The minimum absolute atomic E-state index is 0.0197. The number of allylic oxidation sites excluding steroid dienone is 2. The van der Waals surface area contributed by atoms with E-state index in [0.717, 1.165) is 49.7 Å². The first-order valence-electron chi connectivity index (χ1n) is 11.7. The van der Waals surface area contributed by atoms with E-state index in [1.165, 1.54) is 6.20 Å². The zero-order valence-electron chi connectivity index (χ0n) is 18.8. The van der Waals surface area contributed by atoms with Crippen LogP contribution >= 0.6 is 11.6 Å². The van der Waals surface area contributed by atoms with Gasteiger partial charge in [-0.05, 0) is 31.8 Å². The van der Waals surface area contributed by atoms with E-state index in [-0.39, 0.29) is 24.1 Å². The van der Waals surface area contributed by atoms with Gasteiger partial charge in [0.25, 0.3) is 0 Å². The third kappa shape index (κ3) is 5.58. The number of anilines is 1. The average Bonchev–Trinajstić information content (AvgIpc) is 3.24. The van der Waals surface area contributed by atoms with Crippen LogP contribution in [-0.2, 0) is 0 Å². The lowest BCUT2D eigenvalue weighted by Gasteiger charge is -2.36. The second-order valence-electron chi connectivity index (χ2n) is 8.51. The molecule has 178 valence electrons. The van der Waals surface area contributed by atoms with Crippen molar-refractivity contribution >= 4 is 29.0 Å². The number of dihydropyridines is 1. The fraction of sp³-hybridized carbons (Fsp3) is 0.522. The van der Waals surface area contributed by atoms with Crippen molar-refractivity contribution in [2.24, 2.45) is 0 Å². The van der Waals surface area contributed by atoms with Crippen molar-refractivity contribution in [3.05, 3.63) is 46.9 Å². The summed E-state index contributed by atoms with van der Waals surface area (Å²) in [4.78, 5) is 23.2. The normalized spacial score (nSPS) is 21.8. The number of carbonyl (C=O) groups is 1. The Morgan fingerprint density at radius 3 is 3.00 bits per heavy atom. The molecule has 0 radical (unpaired) electrons. The number of unbranched alkanes of at least 4 members (excludes halogenated alkanes) is 2. The summed E-state index contributed by atoms with van der Waals surface area (Å²) >= 11 is 6.13. The predicted molar refractivity (Wildman–Crippen MR) is 128 cm³/mol. The first-order chi connectivity index (χ1) is 16.1. The quantitative estimate of drug-likeness (QED) is 0.429. The molecule has 1 aromatic heterocycles. The SMILES string of the molecule is CCCCCNC(=O)N1CCCC[C@@H]1CNc1nc(C2=CNC3NC=C(Cl)C=C23)ncc1F. The number of fused-ring (bicyclic) bond motifs is 1. The van der Waals surface area contributed by atoms with Gasteiger partial charge in [-0.15, -0.1) is 0 Å². The van der Waals surface area contributed by atoms with Crippen LogP contribution < -0.4 is 21.3 Å². The number of hydrogen-bond donors (Lipinski definition) is 4. The van der Waals surface area contributed by atoms with Crippen LogP contribution in [0.3, 0.4) is 0 Å². The summed E-state index contributed by atoms with van der Waals surface area (Å²) in [7, 11) is 0. The second-order valence-corrected chi connectivity index (χ2v) is 8.94. The Kier molecular flexibility index (Phi) is 7.69. The molecule has 3 aliphatic heterocycles. The van der Waals surface area contributed by atoms with E-state index in [9.17, 15) is 9.18 Å². The van der Waals surface area contributed by atoms with Gasteiger partial charge in [-0.1, -0.05) is 31.4 Å². The Bertz CT molecular complexity index is 964. The van der Waals surface area contributed by atoms with E-state index in [4.69, 9.17) is 11.6 Å². The molecule has 4 N–H and O–H groups in total. The Morgan fingerprint density at radius 2 is 2.15 bits per heavy atom. The summed E-state index contributed by atoms with van der Waals surface area (Å²) in [6.07, 6.45) is 12.5. The topological polar surface area (TPSA) is 94.2 Å². The largest absolute Gasteiger partial charge is 0.367 e. The molecule has 10 heteroatoms. The highest BCUT2D eigenvalue weighted by molar-refractivity contribution is 6.31. The van der Waals surface area contributed by atoms with Gasteiger partial charge >= 0.3 is 6.03 Å². The van der Waals surface area contributed by atoms with E-state index in [1.807, 2.05) is 11.0 Å². The van der Waals surface area contributed by atoms with Crippen molar-refractivity contribution in [3.8, 4) is 0 Å². The predicted octanol–water partition coefficient (Wildman–Crippen LogP) is 3.66. The number of carbonyl (C=O) groups excluding carboxylic acids is 1. The van der Waals surface area contributed by atoms with Crippen LogP contribution in [0.15, 0.2) is 35.3 Å². The van der Waals surface area contributed by atoms with E-state index >= 15 is 0 Å². The number of urea groups is 1. The van der Waals surface area contributed by atoms with Gasteiger partial charge in [0.2, 0.25) is 0 Å². The highest BCUT2D eigenvalue weighted by atomic mass is 35.5. The maximum atomic E-state index is 14.5. The van der Waals surface area contributed by atoms with Crippen molar-refractivity contribution in [1.29, 1.82) is 0 Å². The van der Waals surface area contributed by atoms with Crippen LogP contribution in [-0.4, -0.2) is 52.7 Å². The first kappa shape index (κ1) is 23.4. The van der Waals surface area contributed by atoms with Crippen molar-refractivity contribution in [2.45, 2.75) is 57.7 Å². The summed E-state index contributed by atoms with van der Waals surface area (Å²) in [5.41, 5.74) is 1.66.